The van der Waals surface area contributed by atoms with Gasteiger partial charge in [0.25, 0.3) is 0 Å². The number of carbonyl (C=O) groups is 2. The van der Waals surface area contributed by atoms with Gasteiger partial charge in [0.1, 0.15) is 19.8 Å². The number of phosphoric ester groups is 1. The number of likely N-dealkylation sites (N-methyl/N-ethyl adjacent to an activating group) is 1. The van der Waals surface area contributed by atoms with Crippen LogP contribution < -0.4 is 0 Å². The Balaban J connectivity index is 4.22. The van der Waals surface area contributed by atoms with E-state index in [1.165, 1.54) is 25.7 Å². The van der Waals surface area contributed by atoms with Crippen molar-refractivity contribution in [3.63, 3.8) is 0 Å². The first-order valence-corrected chi connectivity index (χ1v) is 33.4. The quantitative estimate of drug-likeness (QED) is 0.0211. The van der Waals surface area contributed by atoms with Crippen molar-refractivity contribution in [1.82, 2.24) is 0 Å². The second-order valence-corrected chi connectivity index (χ2v) is 23.2. The number of allylic oxidation sites excluding steroid dienone is 28. The molecule has 0 saturated carbocycles. The molecule has 82 heavy (non-hydrogen) atoms. The molecule has 0 amide bonds. The van der Waals surface area contributed by atoms with Crippen LogP contribution in [0.2, 0.25) is 0 Å². The zero-order valence-corrected chi connectivity index (χ0v) is 53.3. The van der Waals surface area contributed by atoms with Crippen molar-refractivity contribution in [2.45, 2.75) is 225 Å². The number of hydrogen-bond donors (Lipinski definition) is 1. The van der Waals surface area contributed by atoms with Crippen LogP contribution in [0.4, 0.5) is 0 Å². The molecule has 0 aromatic heterocycles. The first-order chi connectivity index (χ1) is 40.0. The zero-order valence-electron chi connectivity index (χ0n) is 52.4. The monoisotopic (exact) mass is 1150 g/mol. The fourth-order valence-electron chi connectivity index (χ4n) is 7.85. The molecule has 10 heteroatoms. The third-order valence-electron chi connectivity index (χ3n) is 12.7. The largest absolute Gasteiger partial charge is 0.472 e. The van der Waals surface area contributed by atoms with Crippen molar-refractivity contribution in [2.24, 2.45) is 0 Å². The third-order valence-corrected chi connectivity index (χ3v) is 13.7. The molecule has 1 N–H and O–H groups in total. The van der Waals surface area contributed by atoms with E-state index in [4.69, 9.17) is 18.5 Å². The summed E-state index contributed by atoms with van der Waals surface area (Å²) >= 11 is 0. The van der Waals surface area contributed by atoms with E-state index in [0.717, 1.165) is 154 Å². The molecule has 0 bridgehead atoms. The molecule has 0 aliphatic heterocycles. The number of nitrogens with zero attached hydrogens (tertiary/aromatic N) is 1. The van der Waals surface area contributed by atoms with Gasteiger partial charge in [0, 0.05) is 12.8 Å². The summed E-state index contributed by atoms with van der Waals surface area (Å²) in [6.07, 6.45) is 92.9. The lowest BCUT2D eigenvalue weighted by atomic mass is 10.1. The van der Waals surface area contributed by atoms with Gasteiger partial charge < -0.3 is 18.9 Å². The first kappa shape index (κ1) is 77.4. The molecule has 0 spiro atoms. The van der Waals surface area contributed by atoms with Crippen LogP contribution in [0.15, 0.2) is 170 Å². The van der Waals surface area contributed by atoms with Crippen LogP contribution in [0.5, 0.6) is 0 Å². The number of unbranched alkanes of at least 4 members (excludes halogenated alkanes) is 14. The highest BCUT2D eigenvalue weighted by Gasteiger charge is 2.27. The lowest BCUT2D eigenvalue weighted by molar-refractivity contribution is -0.870. The van der Waals surface area contributed by atoms with Crippen LogP contribution in [0, 0.1) is 0 Å². The molecule has 0 radical (unpaired) electrons. The van der Waals surface area contributed by atoms with E-state index in [1.54, 1.807) is 0 Å². The standard InChI is InChI=1S/C72H116NO8P/c1-6-8-10-12-14-16-18-20-22-24-26-27-28-29-30-31-32-33-34-35-36-37-38-39-40-41-42-43-44-45-47-49-51-53-55-57-59-61-63-65-72(75)81-70(69-80-82(76,77)79-67-66-73(3,4)5)68-78-71(74)64-62-60-58-56-54-52-50-48-46-25-23-21-19-17-15-13-11-9-7-2/h8,10,14-17,20-23,26-27,29-30,32-33,35-36,38-39,41-42,44-46,48-49,51,70H,6-7,9,11-13,18-19,24-25,28,31,34,37,40,43,47,50,52-69H2,1-5H3/p+1/b10-8-,16-14-,17-15-,22-20-,23-21-,27-26-,30-29-,33-32-,36-35-,39-38-,42-41-,45-44-,48-46-,51-49-. The average Bonchev–Trinajstić information content (AvgIpc) is 3.46. The van der Waals surface area contributed by atoms with Gasteiger partial charge in [-0.3, -0.25) is 18.6 Å². The van der Waals surface area contributed by atoms with Gasteiger partial charge in [-0.25, -0.2) is 4.57 Å². The van der Waals surface area contributed by atoms with Crippen molar-refractivity contribution in [3.05, 3.63) is 170 Å². The lowest BCUT2D eigenvalue weighted by Gasteiger charge is -2.24. The molecule has 0 saturated heterocycles. The summed E-state index contributed by atoms with van der Waals surface area (Å²) in [4.78, 5) is 35.7. The topological polar surface area (TPSA) is 108 Å². The van der Waals surface area contributed by atoms with Gasteiger partial charge in [-0.15, -0.1) is 0 Å². The number of ether oxygens (including phenoxy) is 2. The molecular weight excluding hydrogens is 1040 g/mol. The normalized spacial score (nSPS) is 14.4. The highest BCUT2D eigenvalue weighted by molar-refractivity contribution is 7.47. The Morgan fingerprint density at radius 2 is 0.695 bits per heavy atom. The molecule has 0 heterocycles. The van der Waals surface area contributed by atoms with Crippen LogP contribution in [0.3, 0.4) is 0 Å². The van der Waals surface area contributed by atoms with E-state index in [2.05, 4.69) is 184 Å². The van der Waals surface area contributed by atoms with E-state index in [-0.39, 0.29) is 26.1 Å². The fourth-order valence-corrected chi connectivity index (χ4v) is 8.59. The number of hydrogen-bond acceptors (Lipinski definition) is 7. The highest BCUT2D eigenvalue weighted by Crippen LogP contribution is 2.43. The summed E-state index contributed by atoms with van der Waals surface area (Å²) in [5.41, 5.74) is 0. The molecule has 0 aromatic rings. The van der Waals surface area contributed by atoms with Gasteiger partial charge in [0.15, 0.2) is 6.10 Å². The molecule has 462 valence electrons. The molecule has 0 aliphatic rings. The van der Waals surface area contributed by atoms with E-state index in [9.17, 15) is 19.0 Å². The van der Waals surface area contributed by atoms with Crippen molar-refractivity contribution in [2.75, 3.05) is 47.5 Å². The van der Waals surface area contributed by atoms with Crippen molar-refractivity contribution in [3.8, 4) is 0 Å². The lowest BCUT2D eigenvalue weighted by Crippen LogP contribution is -2.37. The maximum absolute atomic E-state index is 12.8. The molecule has 0 aliphatic carbocycles. The Hall–Kier alpha value is -4.63. The highest BCUT2D eigenvalue weighted by atomic mass is 31.2. The van der Waals surface area contributed by atoms with Crippen LogP contribution in [-0.4, -0.2) is 74.9 Å². The number of carbonyl (C=O) groups excluding carboxylic acids is 2. The summed E-state index contributed by atoms with van der Waals surface area (Å²) < 4.78 is 34.6. The maximum atomic E-state index is 12.8. The second-order valence-electron chi connectivity index (χ2n) is 21.7. The van der Waals surface area contributed by atoms with Gasteiger partial charge in [-0.1, -0.05) is 242 Å². The molecule has 2 unspecified atom stereocenters. The number of esters is 2. The molecule has 0 rings (SSSR count). The van der Waals surface area contributed by atoms with Crippen LogP contribution in [0.25, 0.3) is 0 Å². The van der Waals surface area contributed by atoms with Crippen LogP contribution in [-0.2, 0) is 32.7 Å². The summed E-state index contributed by atoms with van der Waals surface area (Å²) in [6.45, 7) is 4.23. The molecule has 2 atom stereocenters. The third kappa shape index (κ3) is 64.5. The number of rotatable bonds is 56. The van der Waals surface area contributed by atoms with Gasteiger partial charge in [-0.05, 0) is 135 Å². The smallest absolute Gasteiger partial charge is 0.462 e. The average molecular weight is 1160 g/mol. The Kier molecular flexibility index (Phi) is 57.5. The Morgan fingerprint density at radius 1 is 0.390 bits per heavy atom. The minimum atomic E-state index is -4.41. The van der Waals surface area contributed by atoms with Gasteiger partial charge in [0.2, 0.25) is 0 Å². The number of quaternary nitrogens is 1. The van der Waals surface area contributed by atoms with Gasteiger partial charge >= 0.3 is 19.8 Å². The zero-order chi connectivity index (χ0) is 59.8. The van der Waals surface area contributed by atoms with Crippen molar-refractivity contribution >= 4 is 19.8 Å². The Labute approximate surface area is 502 Å². The van der Waals surface area contributed by atoms with Crippen molar-refractivity contribution < 1.29 is 42.1 Å². The van der Waals surface area contributed by atoms with E-state index >= 15 is 0 Å². The SMILES string of the molecule is CC/C=C\C/C=C\C/C=C\C/C=C\C/C=C\C/C=C\C/C=C\C/C=C\C/C=C\C/C=C\C/C=C\CCCCCCCC(=O)OC(COC(=O)CCCCCCCC/C=C\C/C=C\C/C=C\CCCCC)COP(=O)(O)OCC[N+](C)(C)C. The fraction of sp³-hybridized carbons (Fsp3) is 0.583. The second kappa shape index (κ2) is 60.9. The number of phosphoric acid groups is 1. The Bertz CT molecular complexity index is 1990. The summed E-state index contributed by atoms with van der Waals surface area (Å²) in [5, 5.41) is 0. The van der Waals surface area contributed by atoms with Crippen LogP contribution in [0.1, 0.15) is 219 Å². The maximum Gasteiger partial charge on any atom is 0.472 e. The predicted octanol–water partition coefficient (Wildman–Crippen LogP) is 20.6. The molecule has 9 nitrogen and oxygen atoms in total. The minimum absolute atomic E-state index is 0.0157. The summed E-state index contributed by atoms with van der Waals surface area (Å²) in [5.74, 6) is -0.847. The molecule has 0 fully saturated rings. The minimum Gasteiger partial charge on any atom is -0.462 e. The van der Waals surface area contributed by atoms with E-state index in [1.807, 2.05) is 21.1 Å². The predicted molar refractivity (Wildman–Crippen MR) is 353 cm³/mol. The molecular formula is C72H117NO8P+. The van der Waals surface area contributed by atoms with Gasteiger partial charge in [0.05, 0.1) is 27.7 Å². The molecule has 0 aromatic carbocycles. The van der Waals surface area contributed by atoms with E-state index < -0.39 is 32.5 Å². The summed E-state index contributed by atoms with van der Waals surface area (Å²) in [7, 11) is 1.43. The van der Waals surface area contributed by atoms with E-state index in [0.29, 0.717) is 23.9 Å². The summed E-state index contributed by atoms with van der Waals surface area (Å²) in [6, 6.07) is 0. The Morgan fingerprint density at radius 3 is 1.04 bits per heavy atom. The first-order valence-electron chi connectivity index (χ1n) is 31.9. The van der Waals surface area contributed by atoms with Crippen molar-refractivity contribution in [1.29, 1.82) is 0 Å². The van der Waals surface area contributed by atoms with Crippen LogP contribution >= 0.6 is 7.82 Å². The van der Waals surface area contributed by atoms with Gasteiger partial charge in [-0.2, -0.15) is 0 Å².